The summed E-state index contributed by atoms with van der Waals surface area (Å²) in [6.45, 7) is 2.09. The number of piperidine rings is 1. The Bertz CT molecular complexity index is 1090. The van der Waals surface area contributed by atoms with Gasteiger partial charge in [-0.15, -0.1) is 0 Å². The largest absolute Gasteiger partial charge is 0.493 e. The minimum absolute atomic E-state index is 0.201. The van der Waals surface area contributed by atoms with Crippen LogP contribution in [0.3, 0.4) is 0 Å². The summed E-state index contributed by atoms with van der Waals surface area (Å²) >= 11 is 0. The maximum Gasteiger partial charge on any atom is 0.309 e. The van der Waals surface area contributed by atoms with E-state index in [4.69, 9.17) is 19.5 Å². The first-order chi connectivity index (χ1) is 16.5. The summed E-state index contributed by atoms with van der Waals surface area (Å²) in [5.41, 5.74) is 2.65. The fourth-order valence-corrected chi connectivity index (χ4v) is 4.42. The number of esters is 1. The Morgan fingerprint density at radius 1 is 1.09 bits per heavy atom. The van der Waals surface area contributed by atoms with Gasteiger partial charge in [0.25, 0.3) is 5.91 Å². The predicted octanol–water partition coefficient (Wildman–Crippen LogP) is 2.31. The van der Waals surface area contributed by atoms with E-state index in [0.29, 0.717) is 62.5 Å². The molecule has 1 amide bonds. The van der Waals surface area contributed by atoms with Crippen molar-refractivity contribution in [1.82, 2.24) is 9.88 Å². The summed E-state index contributed by atoms with van der Waals surface area (Å²) in [7, 11) is 3.19. The zero-order valence-electron chi connectivity index (χ0n) is 19.5. The lowest BCUT2D eigenvalue weighted by molar-refractivity contribution is -0.156. The van der Waals surface area contributed by atoms with Crippen LogP contribution in [0.1, 0.15) is 29.5 Å². The molecule has 0 aliphatic carbocycles. The van der Waals surface area contributed by atoms with Gasteiger partial charge in [-0.2, -0.15) is 5.26 Å². The molecule has 34 heavy (non-hydrogen) atoms. The molecule has 0 spiro atoms. The van der Waals surface area contributed by atoms with Crippen LogP contribution in [-0.4, -0.2) is 62.2 Å². The van der Waals surface area contributed by atoms with Crippen LogP contribution in [0, 0.1) is 17.2 Å². The van der Waals surface area contributed by atoms with E-state index in [1.54, 1.807) is 31.4 Å². The van der Waals surface area contributed by atoms with Crippen molar-refractivity contribution in [2.75, 3.05) is 45.4 Å². The van der Waals surface area contributed by atoms with E-state index in [1.807, 2.05) is 18.2 Å². The van der Waals surface area contributed by atoms with Crippen LogP contribution in [0.5, 0.6) is 11.5 Å². The maximum atomic E-state index is 12.7. The van der Waals surface area contributed by atoms with Crippen molar-refractivity contribution in [2.24, 2.45) is 5.92 Å². The normalized spacial score (nSPS) is 15.8. The van der Waals surface area contributed by atoms with Crippen LogP contribution in [0.25, 0.3) is 0 Å². The van der Waals surface area contributed by atoms with Gasteiger partial charge in [-0.3, -0.25) is 9.59 Å². The molecule has 0 atom stereocenters. The number of benzene rings is 1. The lowest BCUT2D eigenvalue weighted by Gasteiger charge is -2.32. The third-order valence-electron chi connectivity index (χ3n) is 6.44. The molecular formula is C25H28N4O5. The molecule has 1 fully saturated rings. The van der Waals surface area contributed by atoms with Gasteiger partial charge in [0, 0.05) is 32.4 Å². The third-order valence-corrected chi connectivity index (χ3v) is 6.44. The molecule has 1 aromatic carbocycles. The van der Waals surface area contributed by atoms with E-state index in [9.17, 15) is 9.59 Å². The molecule has 3 heterocycles. The minimum Gasteiger partial charge on any atom is -0.493 e. The molecule has 0 bridgehead atoms. The highest BCUT2D eigenvalue weighted by Gasteiger charge is 2.29. The number of anilines is 1. The number of carbonyl (C=O) groups is 2. The summed E-state index contributed by atoms with van der Waals surface area (Å²) in [6.07, 6.45) is 3.52. The van der Waals surface area contributed by atoms with Gasteiger partial charge in [0.15, 0.2) is 18.1 Å². The molecule has 9 nitrogen and oxygen atoms in total. The molecular weight excluding hydrogens is 436 g/mol. The fourth-order valence-electron chi connectivity index (χ4n) is 4.42. The first-order valence-electron chi connectivity index (χ1n) is 11.3. The molecule has 178 valence electrons. The highest BCUT2D eigenvalue weighted by molar-refractivity contribution is 5.81. The van der Waals surface area contributed by atoms with Crippen molar-refractivity contribution in [2.45, 2.75) is 25.8 Å². The zero-order valence-corrected chi connectivity index (χ0v) is 19.5. The van der Waals surface area contributed by atoms with Crippen molar-refractivity contribution in [3.8, 4) is 17.6 Å². The van der Waals surface area contributed by atoms with Crippen molar-refractivity contribution in [3.05, 3.63) is 47.2 Å². The Balaban J connectivity index is 1.26. The summed E-state index contributed by atoms with van der Waals surface area (Å²) in [4.78, 5) is 33.4. The Morgan fingerprint density at radius 2 is 1.79 bits per heavy atom. The quantitative estimate of drug-likeness (QED) is 0.600. The Kier molecular flexibility index (Phi) is 7.16. The van der Waals surface area contributed by atoms with E-state index >= 15 is 0 Å². The molecule has 0 saturated carbocycles. The average Bonchev–Trinajstić information content (AvgIpc) is 2.90. The highest BCUT2D eigenvalue weighted by Crippen LogP contribution is 2.33. The number of fused-ring (bicyclic) bond motifs is 1. The molecule has 1 aromatic heterocycles. The molecule has 9 heteroatoms. The van der Waals surface area contributed by atoms with Crippen LogP contribution < -0.4 is 14.4 Å². The number of nitrogens with zero attached hydrogens (tertiary/aromatic N) is 4. The standard InChI is InChI=1S/C25H28N4O5/c1-32-21-11-19-7-10-29(15-20(19)12-22(21)33-2)24(30)16-34-25(31)18-5-8-28(9-6-18)23-4-3-17(13-26)14-27-23/h3-4,11-12,14,18H,5-10,15-16H2,1-2H3. The number of ether oxygens (including phenoxy) is 3. The predicted molar refractivity (Wildman–Crippen MR) is 124 cm³/mol. The van der Waals surface area contributed by atoms with Crippen molar-refractivity contribution in [3.63, 3.8) is 0 Å². The van der Waals surface area contributed by atoms with E-state index in [2.05, 4.69) is 16.0 Å². The lowest BCUT2D eigenvalue weighted by Crippen LogP contribution is -2.40. The molecule has 0 N–H and O–H groups in total. The second kappa shape index (κ2) is 10.4. The summed E-state index contributed by atoms with van der Waals surface area (Å²) < 4.78 is 16.1. The molecule has 0 unspecified atom stereocenters. The third kappa shape index (κ3) is 5.06. The van der Waals surface area contributed by atoms with Gasteiger partial charge < -0.3 is 24.0 Å². The number of methoxy groups -OCH3 is 2. The Labute approximate surface area is 198 Å². The fraction of sp³-hybridized carbons (Fsp3) is 0.440. The number of nitriles is 1. The summed E-state index contributed by atoms with van der Waals surface area (Å²) in [5.74, 6) is 1.33. The van der Waals surface area contributed by atoms with Crippen LogP contribution in [0.15, 0.2) is 30.5 Å². The van der Waals surface area contributed by atoms with E-state index in [0.717, 1.165) is 16.9 Å². The molecule has 0 radical (unpaired) electrons. The number of aromatic nitrogens is 1. The Morgan fingerprint density at radius 3 is 2.41 bits per heavy atom. The van der Waals surface area contributed by atoms with E-state index < -0.39 is 0 Å². The lowest BCUT2D eigenvalue weighted by atomic mass is 9.97. The van der Waals surface area contributed by atoms with Crippen LogP contribution in [-0.2, 0) is 27.3 Å². The van der Waals surface area contributed by atoms with Gasteiger partial charge >= 0.3 is 5.97 Å². The highest BCUT2D eigenvalue weighted by atomic mass is 16.5. The molecule has 1 saturated heterocycles. The number of hydrogen-bond acceptors (Lipinski definition) is 8. The molecule has 2 aliphatic rings. The zero-order chi connectivity index (χ0) is 24.1. The van der Waals surface area contributed by atoms with Crippen molar-refractivity contribution >= 4 is 17.7 Å². The first-order valence-corrected chi connectivity index (χ1v) is 11.3. The van der Waals surface area contributed by atoms with Crippen LogP contribution >= 0.6 is 0 Å². The van der Waals surface area contributed by atoms with E-state index in [-0.39, 0.29) is 24.4 Å². The second-order valence-electron chi connectivity index (χ2n) is 8.43. The van der Waals surface area contributed by atoms with Crippen molar-refractivity contribution < 1.29 is 23.8 Å². The average molecular weight is 465 g/mol. The SMILES string of the molecule is COc1cc2c(cc1OC)CN(C(=O)COC(=O)C1CCN(c3ccc(C#N)cn3)CC1)CC2. The van der Waals surface area contributed by atoms with Crippen LogP contribution in [0.2, 0.25) is 0 Å². The topological polar surface area (TPSA) is 105 Å². The summed E-state index contributed by atoms with van der Waals surface area (Å²) in [5, 5.41) is 8.90. The number of hydrogen-bond donors (Lipinski definition) is 0. The first kappa shape index (κ1) is 23.4. The monoisotopic (exact) mass is 464 g/mol. The van der Waals surface area contributed by atoms with Gasteiger partial charge in [0.05, 0.1) is 25.7 Å². The van der Waals surface area contributed by atoms with Gasteiger partial charge in [0.2, 0.25) is 0 Å². The minimum atomic E-state index is -0.329. The molecule has 4 rings (SSSR count). The van der Waals surface area contributed by atoms with Gasteiger partial charge in [-0.05, 0) is 54.7 Å². The molecule has 2 aromatic rings. The summed E-state index contributed by atoms with van der Waals surface area (Å²) in [6, 6.07) is 9.46. The van der Waals surface area contributed by atoms with Gasteiger partial charge in [-0.25, -0.2) is 4.98 Å². The smallest absolute Gasteiger partial charge is 0.309 e. The van der Waals surface area contributed by atoms with Crippen LogP contribution in [0.4, 0.5) is 5.82 Å². The maximum absolute atomic E-state index is 12.7. The number of amides is 1. The van der Waals surface area contributed by atoms with Crippen molar-refractivity contribution in [1.29, 1.82) is 5.26 Å². The number of rotatable bonds is 6. The van der Waals surface area contributed by atoms with Gasteiger partial charge in [0.1, 0.15) is 11.9 Å². The second-order valence-corrected chi connectivity index (χ2v) is 8.43. The van der Waals surface area contributed by atoms with E-state index in [1.165, 1.54) is 0 Å². The number of carbonyl (C=O) groups excluding carboxylic acids is 2. The Hall–Kier alpha value is -3.80. The molecule has 2 aliphatic heterocycles. The van der Waals surface area contributed by atoms with Gasteiger partial charge in [-0.1, -0.05) is 0 Å². The number of pyridine rings is 1.